The minimum absolute atomic E-state index is 0.899. The zero-order valence-corrected chi connectivity index (χ0v) is 12.5. The minimum Gasteiger partial charge on any atom is -0.256 e. The lowest BCUT2D eigenvalue weighted by molar-refractivity contribution is 0.944. The molecule has 0 N–H and O–H groups in total. The normalized spacial score (nSPS) is 10.6. The number of aromatic nitrogens is 3. The molecule has 3 aromatic rings. The Morgan fingerprint density at radius 1 is 0.714 bits per heavy atom. The van der Waals surface area contributed by atoms with Crippen LogP contribution in [0.1, 0.15) is 17.0 Å². The van der Waals surface area contributed by atoms with Crippen LogP contribution in [0.5, 0.6) is 0 Å². The van der Waals surface area contributed by atoms with Gasteiger partial charge in [0.25, 0.3) is 0 Å². The largest absolute Gasteiger partial charge is 0.256 e. The number of hydrogen-bond donors (Lipinski definition) is 0. The van der Waals surface area contributed by atoms with E-state index in [4.69, 9.17) is 0 Å². The molecule has 0 amide bonds. The molecule has 0 saturated carbocycles. The van der Waals surface area contributed by atoms with E-state index in [2.05, 4.69) is 33.4 Å². The minimum atomic E-state index is 0.899. The van der Waals surface area contributed by atoms with Gasteiger partial charge in [-0.1, -0.05) is 36.4 Å². The van der Waals surface area contributed by atoms with Crippen molar-refractivity contribution in [3.63, 3.8) is 0 Å². The summed E-state index contributed by atoms with van der Waals surface area (Å²) >= 11 is 0. The Morgan fingerprint density at radius 2 is 1.38 bits per heavy atom. The van der Waals surface area contributed by atoms with Crippen molar-refractivity contribution >= 4 is 0 Å². The Balaban J connectivity index is 2.29. The van der Waals surface area contributed by atoms with E-state index >= 15 is 0 Å². The molecule has 0 saturated heterocycles. The molecule has 21 heavy (non-hydrogen) atoms. The quantitative estimate of drug-likeness (QED) is 0.705. The average molecular weight is 275 g/mol. The Bertz CT molecular complexity index is 762. The summed E-state index contributed by atoms with van der Waals surface area (Å²) in [5.41, 5.74) is 7.23. The fourth-order valence-corrected chi connectivity index (χ4v) is 2.50. The molecule has 0 aliphatic heterocycles. The van der Waals surface area contributed by atoms with Crippen molar-refractivity contribution in [2.75, 3.05) is 0 Å². The van der Waals surface area contributed by atoms with Gasteiger partial charge < -0.3 is 0 Å². The van der Waals surface area contributed by atoms with Gasteiger partial charge in [-0.15, -0.1) is 0 Å². The van der Waals surface area contributed by atoms with Crippen LogP contribution in [-0.4, -0.2) is 15.2 Å². The van der Waals surface area contributed by atoms with E-state index in [1.54, 1.807) is 0 Å². The standard InChI is InChI=1S/C18H17N3/c1-12-9-10-16(19-11-12)18-14(3)21-20-13(2)17(18)15-7-5-4-6-8-15/h4-11H,1-3H3. The number of aryl methyl sites for hydroxylation is 3. The Hall–Kier alpha value is -2.55. The van der Waals surface area contributed by atoms with Crippen LogP contribution in [0.25, 0.3) is 22.4 Å². The van der Waals surface area contributed by atoms with Crippen molar-refractivity contribution in [1.82, 2.24) is 15.2 Å². The maximum absolute atomic E-state index is 4.57. The molecule has 1 aromatic carbocycles. The molecule has 0 unspecified atom stereocenters. The molecular formula is C18H17N3. The third-order valence-electron chi connectivity index (χ3n) is 3.55. The molecule has 0 aliphatic rings. The van der Waals surface area contributed by atoms with E-state index in [0.29, 0.717) is 0 Å². The van der Waals surface area contributed by atoms with Gasteiger partial charge in [0.05, 0.1) is 17.1 Å². The molecule has 0 atom stereocenters. The van der Waals surface area contributed by atoms with Gasteiger partial charge in [0.2, 0.25) is 0 Å². The lowest BCUT2D eigenvalue weighted by atomic mass is 9.95. The summed E-state index contributed by atoms with van der Waals surface area (Å²) in [6.45, 7) is 6.01. The predicted octanol–water partition coefficient (Wildman–Crippen LogP) is 4.13. The molecule has 3 rings (SSSR count). The first kappa shape index (κ1) is 13.4. The summed E-state index contributed by atoms with van der Waals surface area (Å²) in [4.78, 5) is 4.57. The number of hydrogen-bond acceptors (Lipinski definition) is 3. The van der Waals surface area contributed by atoms with Crippen LogP contribution in [-0.2, 0) is 0 Å². The summed E-state index contributed by atoms with van der Waals surface area (Å²) in [6.07, 6.45) is 1.89. The molecule has 0 radical (unpaired) electrons. The number of rotatable bonds is 2. The topological polar surface area (TPSA) is 38.7 Å². The molecule has 104 valence electrons. The van der Waals surface area contributed by atoms with Gasteiger partial charge in [-0.3, -0.25) is 4.98 Å². The lowest BCUT2D eigenvalue weighted by Gasteiger charge is -2.13. The van der Waals surface area contributed by atoms with Gasteiger partial charge in [0.1, 0.15) is 0 Å². The van der Waals surface area contributed by atoms with Crippen LogP contribution < -0.4 is 0 Å². The number of nitrogens with zero attached hydrogens (tertiary/aromatic N) is 3. The number of benzene rings is 1. The molecule has 2 aromatic heterocycles. The summed E-state index contributed by atoms with van der Waals surface area (Å²) in [7, 11) is 0. The summed E-state index contributed by atoms with van der Waals surface area (Å²) in [5.74, 6) is 0. The first-order valence-corrected chi connectivity index (χ1v) is 6.99. The summed E-state index contributed by atoms with van der Waals surface area (Å²) in [6, 6.07) is 14.4. The molecule has 3 nitrogen and oxygen atoms in total. The predicted molar refractivity (Wildman–Crippen MR) is 84.9 cm³/mol. The maximum Gasteiger partial charge on any atom is 0.0728 e. The van der Waals surface area contributed by atoms with Crippen LogP contribution in [0.3, 0.4) is 0 Å². The maximum atomic E-state index is 4.57. The smallest absolute Gasteiger partial charge is 0.0728 e. The Morgan fingerprint density at radius 3 is 2.00 bits per heavy atom. The zero-order chi connectivity index (χ0) is 14.8. The first-order valence-electron chi connectivity index (χ1n) is 6.99. The highest BCUT2D eigenvalue weighted by Crippen LogP contribution is 2.34. The highest BCUT2D eigenvalue weighted by atomic mass is 15.1. The van der Waals surface area contributed by atoms with Gasteiger partial charge in [-0.05, 0) is 38.0 Å². The first-order chi connectivity index (χ1) is 10.2. The van der Waals surface area contributed by atoms with Crippen molar-refractivity contribution in [2.45, 2.75) is 20.8 Å². The van der Waals surface area contributed by atoms with E-state index in [1.165, 1.54) is 0 Å². The van der Waals surface area contributed by atoms with Gasteiger partial charge >= 0.3 is 0 Å². The molecule has 0 bridgehead atoms. The second-order valence-electron chi connectivity index (χ2n) is 5.21. The van der Waals surface area contributed by atoms with E-state index in [-0.39, 0.29) is 0 Å². The van der Waals surface area contributed by atoms with Crippen molar-refractivity contribution < 1.29 is 0 Å². The summed E-state index contributed by atoms with van der Waals surface area (Å²) < 4.78 is 0. The lowest BCUT2D eigenvalue weighted by Crippen LogP contribution is -2.00. The second kappa shape index (κ2) is 5.44. The molecule has 0 aliphatic carbocycles. The Labute approximate surface area is 124 Å². The third kappa shape index (κ3) is 2.55. The van der Waals surface area contributed by atoms with E-state index in [9.17, 15) is 0 Å². The molecule has 2 heterocycles. The Kier molecular flexibility index (Phi) is 3.48. The van der Waals surface area contributed by atoms with Crippen LogP contribution in [0.4, 0.5) is 0 Å². The molecule has 0 spiro atoms. The van der Waals surface area contributed by atoms with E-state index in [0.717, 1.165) is 39.3 Å². The van der Waals surface area contributed by atoms with Crippen molar-refractivity contribution in [3.8, 4) is 22.4 Å². The third-order valence-corrected chi connectivity index (χ3v) is 3.55. The fourth-order valence-electron chi connectivity index (χ4n) is 2.50. The highest BCUT2D eigenvalue weighted by Gasteiger charge is 2.16. The van der Waals surface area contributed by atoms with Crippen LogP contribution in [0, 0.1) is 20.8 Å². The van der Waals surface area contributed by atoms with Crippen molar-refractivity contribution in [3.05, 3.63) is 65.6 Å². The van der Waals surface area contributed by atoms with Gasteiger partial charge in [0, 0.05) is 17.3 Å². The van der Waals surface area contributed by atoms with Crippen LogP contribution >= 0.6 is 0 Å². The highest BCUT2D eigenvalue weighted by molar-refractivity contribution is 5.84. The van der Waals surface area contributed by atoms with Gasteiger partial charge in [-0.25, -0.2) is 0 Å². The van der Waals surface area contributed by atoms with Gasteiger partial charge in [0.15, 0.2) is 0 Å². The van der Waals surface area contributed by atoms with Crippen LogP contribution in [0.2, 0.25) is 0 Å². The summed E-state index contributed by atoms with van der Waals surface area (Å²) in [5, 5.41) is 8.55. The molecule has 3 heteroatoms. The van der Waals surface area contributed by atoms with Gasteiger partial charge in [-0.2, -0.15) is 10.2 Å². The second-order valence-corrected chi connectivity index (χ2v) is 5.21. The van der Waals surface area contributed by atoms with E-state index in [1.807, 2.05) is 51.2 Å². The molecule has 0 fully saturated rings. The number of pyridine rings is 1. The van der Waals surface area contributed by atoms with E-state index < -0.39 is 0 Å². The zero-order valence-electron chi connectivity index (χ0n) is 12.5. The van der Waals surface area contributed by atoms with Crippen LogP contribution in [0.15, 0.2) is 48.7 Å². The average Bonchev–Trinajstić information content (AvgIpc) is 2.51. The van der Waals surface area contributed by atoms with Crippen molar-refractivity contribution in [1.29, 1.82) is 0 Å². The SMILES string of the molecule is Cc1ccc(-c2c(C)nnc(C)c2-c2ccccc2)nc1. The monoisotopic (exact) mass is 275 g/mol. The fraction of sp³-hybridized carbons (Fsp3) is 0.167. The molecular weight excluding hydrogens is 258 g/mol. The van der Waals surface area contributed by atoms with Crippen molar-refractivity contribution in [2.24, 2.45) is 0 Å².